The SMILES string of the molecule is CNC(=O)c1c(OCCN)noc1-c1ccccc1.Cl. The molecule has 1 aromatic heterocycles. The van der Waals surface area contributed by atoms with Gasteiger partial charge in [-0.1, -0.05) is 30.3 Å². The van der Waals surface area contributed by atoms with E-state index in [0.29, 0.717) is 12.3 Å². The molecule has 0 spiro atoms. The van der Waals surface area contributed by atoms with Crippen LogP contribution in [0.2, 0.25) is 0 Å². The van der Waals surface area contributed by atoms with Crippen LogP contribution in [0.3, 0.4) is 0 Å². The van der Waals surface area contributed by atoms with Gasteiger partial charge in [0, 0.05) is 19.2 Å². The standard InChI is InChI=1S/C13H15N3O3.ClH/c1-15-12(17)10-11(9-5-3-2-4-6-9)19-16-13(10)18-8-7-14;/h2-6H,7-8,14H2,1H3,(H,15,17);1H. The van der Waals surface area contributed by atoms with Crippen molar-refractivity contribution < 1.29 is 14.1 Å². The van der Waals surface area contributed by atoms with Gasteiger partial charge in [0.15, 0.2) is 11.3 Å². The van der Waals surface area contributed by atoms with Crippen molar-refractivity contribution in [2.24, 2.45) is 5.73 Å². The minimum absolute atomic E-state index is 0. The normalized spacial score (nSPS) is 9.70. The second kappa shape index (κ2) is 7.52. The summed E-state index contributed by atoms with van der Waals surface area (Å²) in [5.41, 5.74) is 6.41. The zero-order valence-corrected chi connectivity index (χ0v) is 11.8. The maximum absolute atomic E-state index is 11.9. The second-order valence-electron chi connectivity index (χ2n) is 3.77. The number of halogens is 1. The van der Waals surface area contributed by atoms with Gasteiger partial charge in [-0.25, -0.2) is 0 Å². The summed E-state index contributed by atoms with van der Waals surface area (Å²) >= 11 is 0. The Morgan fingerprint density at radius 2 is 2.10 bits per heavy atom. The van der Waals surface area contributed by atoms with Crippen molar-refractivity contribution in [3.63, 3.8) is 0 Å². The van der Waals surface area contributed by atoms with Crippen molar-refractivity contribution >= 4 is 18.3 Å². The van der Waals surface area contributed by atoms with Crippen molar-refractivity contribution in [3.05, 3.63) is 35.9 Å². The Labute approximate surface area is 122 Å². The molecule has 0 saturated heterocycles. The van der Waals surface area contributed by atoms with E-state index in [4.69, 9.17) is 15.0 Å². The van der Waals surface area contributed by atoms with E-state index in [0.717, 1.165) is 5.56 Å². The van der Waals surface area contributed by atoms with Crippen LogP contribution in [0, 0.1) is 0 Å². The number of amides is 1. The number of hydrogen-bond acceptors (Lipinski definition) is 5. The number of carbonyl (C=O) groups excluding carboxylic acids is 1. The van der Waals surface area contributed by atoms with Crippen LogP contribution in [-0.2, 0) is 0 Å². The molecule has 2 aromatic rings. The van der Waals surface area contributed by atoms with Crippen LogP contribution in [0.4, 0.5) is 0 Å². The number of nitrogens with two attached hydrogens (primary N) is 1. The van der Waals surface area contributed by atoms with E-state index in [2.05, 4.69) is 10.5 Å². The molecule has 1 heterocycles. The summed E-state index contributed by atoms with van der Waals surface area (Å²) in [6.07, 6.45) is 0. The molecule has 2 rings (SSSR count). The molecule has 0 bridgehead atoms. The number of nitrogens with one attached hydrogen (secondary N) is 1. The lowest BCUT2D eigenvalue weighted by atomic mass is 10.1. The van der Waals surface area contributed by atoms with Crippen LogP contribution in [0.15, 0.2) is 34.9 Å². The van der Waals surface area contributed by atoms with Gasteiger partial charge in [0.05, 0.1) is 0 Å². The maximum Gasteiger partial charge on any atom is 0.267 e. The summed E-state index contributed by atoms with van der Waals surface area (Å²) in [6, 6.07) is 9.25. The maximum atomic E-state index is 11.9. The number of ether oxygens (including phenoxy) is 1. The lowest BCUT2D eigenvalue weighted by Crippen LogP contribution is -2.20. The number of carbonyl (C=O) groups is 1. The van der Waals surface area contributed by atoms with Gasteiger partial charge in [-0.15, -0.1) is 12.4 Å². The third kappa shape index (κ3) is 3.28. The first-order chi connectivity index (χ1) is 9.27. The first kappa shape index (κ1) is 16.0. The third-order valence-corrected chi connectivity index (χ3v) is 2.51. The van der Waals surface area contributed by atoms with Gasteiger partial charge in [0.25, 0.3) is 11.8 Å². The summed E-state index contributed by atoms with van der Waals surface area (Å²) < 4.78 is 10.5. The molecule has 7 heteroatoms. The van der Waals surface area contributed by atoms with Gasteiger partial charge in [-0.2, -0.15) is 0 Å². The predicted octanol–water partition coefficient (Wildman–Crippen LogP) is 1.46. The van der Waals surface area contributed by atoms with E-state index in [1.165, 1.54) is 7.05 Å². The number of rotatable bonds is 5. The van der Waals surface area contributed by atoms with Gasteiger partial charge in [-0.05, 0) is 5.16 Å². The van der Waals surface area contributed by atoms with Gasteiger partial charge in [-0.3, -0.25) is 4.79 Å². The number of aromatic nitrogens is 1. The average molecular weight is 298 g/mol. The molecule has 0 aliphatic carbocycles. The average Bonchev–Trinajstić information content (AvgIpc) is 2.89. The molecule has 3 N–H and O–H groups in total. The summed E-state index contributed by atoms with van der Waals surface area (Å²) in [6.45, 7) is 0.603. The minimum atomic E-state index is -0.313. The molecule has 0 unspecified atom stereocenters. The van der Waals surface area contributed by atoms with E-state index in [9.17, 15) is 4.79 Å². The van der Waals surface area contributed by atoms with Crippen molar-refractivity contribution in [3.8, 4) is 17.2 Å². The third-order valence-electron chi connectivity index (χ3n) is 2.51. The molecule has 20 heavy (non-hydrogen) atoms. The van der Waals surface area contributed by atoms with Crippen LogP contribution in [-0.4, -0.2) is 31.3 Å². The summed E-state index contributed by atoms with van der Waals surface area (Å²) in [4.78, 5) is 11.9. The van der Waals surface area contributed by atoms with Gasteiger partial charge < -0.3 is 20.3 Å². The van der Waals surface area contributed by atoms with Gasteiger partial charge in [0.1, 0.15) is 6.61 Å². The first-order valence-corrected chi connectivity index (χ1v) is 5.88. The fourth-order valence-corrected chi connectivity index (χ4v) is 1.64. The van der Waals surface area contributed by atoms with E-state index >= 15 is 0 Å². The van der Waals surface area contributed by atoms with E-state index in [1.807, 2.05) is 30.3 Å². The van der Waals surface area contributed by atoms with Crippen LogP contribution in [0.5, 0.6) is 5.88 Å². The molecule has 0 aliphatic rings. The molecule has 108 valence electrons. The Morgan fingerprint density at radius 1 is 1.40 bits per heavy atom. The number of hydrogen-bond donors (Lipinski definition) is 2. The van der Waals surface area contributed by atoms with Crippen LogP contribution in [0.25, 0.3) is 11.3 Å². The minimum Gasteiger partial charge on any atom is -0.474 e. The van der Waals surface area contributed by atoms with Crippen molar-refractivity contribution in [2.75, 3.05) is 20.2 Å². The molecule has 0 fully saturated rings. The molecular formula is C13H16ClN3O3. The zero-order valence-electron chi connectivity index (χ0n) is 11.0. The largest absolute Gasteiger partial charge is 0.474 e. The highest BCUT2D eigenvalue weighted by molar-refractivity contribution is 6.01. The molecule has 0 aliphatic heterocycles. The monoisotopic (exact) mass is 297 g/mol. The Hall–Kier alpha value is -2.05. The van der Waals surface area contributed by atoms with Gasteiger partial charge >= 0.3 is 0 Å². The molecule has 1 aromatic carbocycles. The summed E-state index contributed by atoms with van der Waals surface area (Å²) in [5.74, 6) is 0.225. The van der Waals surface area contributed by atoms with E-state index in [1.54, 1.807) is 0 Å². The predicted molar refractivity (Wildman–Crippen MR) is 77.1 cm³/mol. The highest BCUT2D eigenvalue weighted by Gasteiger charge is 2.24. The number of benzene rings is 1. The van der Waals surface area contributed by atoms with Crippen LogP contribution in [0.1, 0.15) is 10.4 Å². The highest BCUT2D eigenvalue weighted by Crippen LogP contribution is 2.30. The Balaban J connectivity index is 0.00000200. The topological polar surface area (TPSA) is 90.4 Å². The zero-order chi connectivity index (χ0) is 13.7. The summed E-state index contributed by atoms with van der Waals surface area (Å²) in [5, 5.41) is 6.33. The molecule has 0 radical (unpaired) electrons. The molecule has 1 amide bonds. The van der Waals surface area contributed by atoms with E-state index in [-0.39, 0.29) is 36.4 Å². The lowest BCUT2D eigenvalue weighted by Gasteiger charge is -2.03. The Morgan fingerprint density at radius 3 is 2.70 bits per heavy atom. The Bertz CT molecular complexity index is 557. The summed E-state index contributed by atoms with van der Waals surface area (Å²) in [7, 11) is 1.54. The van der Waals surface area contributed by atoms with Crippen molar-refractivity contribution in [1.82, 2.24) is 10.5 Å². The van der Waals surface area contributed by atoms with Crippen LogP contribution < -0.4 is 15.8 Å². The molecule has 0 saturated carbocycles. The van der Waals surface area contributed by atoms with E-state index < -0.39 is 0 Å². The molecule has 6 nitrogen and oxygen atoms in total. The van der Waals surface area contributed by atoms with Crippen molar-refractivity contribution in [2.45, 2.75) is 0 Å². The highest BCUT2D eigenvalue weighted by atomic mass is 35.5. The number of nitrogens with zero attached hydrogens (tertiary/aromatic N) is 1. The van der Waals surface area contributed by atoms with Crippen molar-refractivity contribution in [1.29, 1.82) is 0 Å². The lowest BCUT2D eigenvalue weighted by molar-refractivity contribution is 0.0959. The molecular weight excluding hydrogens is 282 g/mol. The second-order valence-corrected chi connectivity index (χ2v) is 3.77. The Kier molecular flexibility index (Phi) is 6.02. The van der Waals surface area contributed by atoms with Gasteiger partial charge in [0.2, 0.25) is 0 Å². The van der Waals surface area contributed by atoms with Crippen LogP contribution >= 0.6 is 12.4 Å². The first-order valence-electron chi connectivity index (χ1n) is 5.88. The smallest absolute Gasteiger partial charge is 0.267 e. The fraction of sp³-hybridized carbons (Fsp3) is 0.231. The molecule has 0 atom stereocenters. The quantitative estimate of drug-likeness (QED) is 0.872. The fourth-order valence-electron chi connectivity index (χ4n) is 1.64.